The van der Waals surface area contributed by atoms with Gasteiger partial charge in [0.05, 0.1) is 29.1 Å². The molecule has 0 bridgehead atoms. The number of hydrogen-bond donors (Lipinski definition) is 3. The van der Waals surface area contributed by atoms with Crippen LogP contribution in [-0.4, -0.2) is 89.5 Å². The highest BCUT2D eigenvalue weighted by molar-refractivity contribution is 5.87. The molecule has 0 radical (unpaired) electrons. The van der Waals surface area contributed by atoms with Gasteiger partial charge in [0.2, 0.25) is 0 Å². The van der Waals surface area contributed by atoms with Crippen molar-refractivity contribution >= 4 is 18.0 Å². The number of carboxylic acid groups (broad SMARTS) is 1. The van der Waals surface area contributed by atoms with Gasteiger partial charge in [0.1, 0.15) is 23.4 Å². The Balaban J connectivity index is 1.28. The Morgan fingerprint density at radius 3 is 2.40 bits per heavy atom. The van der Waals surface area contributed by atoms with Crippen LogP contribution in [-0.2, 0) is 33.3 Å². The van der Waals surface area contributed by atoms with E-state index in [2.05, 4.69) is 6.92 Å². The second-order valence-corrected chi connectivity index (χ2v) is 15.4. The molecular formula is C38H52O10. The van der Waals surface area contributed by atoms with Gasteiger partial charge in [-0.05, 0) is 75.8 Å². The minimum Gasteiger partial charge on any atom is -0.481 e. The van der Waals surface area contributed by atoms with E-state index in [1.54, 1.807) is 34.1 Å². The van der Waals surface area contributed by atoms with Crippen molar-refractivity contribution in [2.45, 2.75) is 127 Å². The van der Waals surface area contributed by atoms with Gasteiger partial charge >= 0.3 is 11.9 Å². The van der Waals surface area contributed by atoms with E-state index in [0.29, 0.717) is 25.7 Å². The average Bonchev–Trinajstić information content (AvgIpc) is 3.29. The summed E-state index contributed by atoms with van der Waals surface area (Å²) in [5.74, 6) is -2.17. The van der Waals surface area contributed by atoms with Gasteiger partial charge in [0, 0.05) is 32.6 Å². The standard InChI is InChI=1S/C38H52O10/c1-23-32(45-6)27(44-5)21-31(46-23)47-26-15-16-34(2)25(20-26)14-17-37(42)28(34)22-29(48-30(39)13-12-24-10-8-7-9-11-24)36(4)35(3,33(40)41)18-19-38(36,37)43/h7-14,23,26-29,31-32,42-43H,15-22H2,1-6H3,(H,40,41)/b13-12+. The molecule has 3 N–H and O–H groups in total. The number of fused-ring (bicyclic) bond motifs is 5. The van der Waals surface area contributed by atoms with Gasteiger partial charge in [-0.15, -0.1) is 0 Å². The lowest BCUT2D eigenvalue weighted by molar-refractivity contribution is -0.309. The summed E-state index contributed by atoms with van der Waals surface area (Å²) >= 11 is 0. The van der Waals surface area contributed by atoms with Gasteiger partial charge in [-0.25, -0.2) is 4.79 Å². The van der Waals surface area contributed by atoms with Crippen molar-refractivity contribution in [3.63, 3.8) is 0 Å². The normalized spacial score (nSPS) is 45.5. The fraction of sp³-hybridized carbons (Fsp3) is 0.684. The summed E-state index contributed by atoms with van der Waals surface area (Å²) < 4.78 is 30.2. The van der Waals surface area contributed by atoms with Crippen LogP contribution in [0.4, 0.5) is 0 Å². The topological polar surface area (TPSA) is 141 Å². The molecule has 12 unspecified atom stereocenters. The van der Waals surface area contributed by atoms with Gasteiger partial charge in [-0.3, -0.25) is 4.79 Å². The first kappa shape index (κ1) is 35.2. The summed E-state index contributed by atoms with van der Waals surface area (Å²) in [6.45, 7) is 7.39. The number of carbonyl (C=O) groups excluding carboxylic acids is 1. The van der Waals surface area contributed by atoms with Crippen LogP contribution in [0.3, 0.4) is 0 Å². The van der Waals surface area contributed by atoms with E-state index in [0.717, 1.165) is 11.1 Å². The molecule has 0 spiro atoms. The average molecular weight is 669 g/mol. The zero-order valence-corrected chi connectivity index (χ0v) is 29.0. The fourth-order valence-electron chi connectivity index (χ4n) is 10.3. The number of rotatable bonds is 8. The quantitative estimate of drug-likeness (QED) is 0.196. The number of benzene rings is 1. The number of methoxy groups -OCH3 is 2. The Morgan fingerprint density at radius 2 is 1.73 bits per heavy atom. The molecular weight excluding hydrogens is 616 g/mol. The molecule has 10 nitrogen and oxygen atoms in total. The van der Waals surface area contributed by atoms with Crippen molar-refractivity contribution in [2.24, 2.45) is 22.2 Å². The third kappa shape index (κ3) is 5.21. The van der Waals surface area contributed by atoms with Crippen LogP contribution in [0.5, 0.6) is 0 Å². The molecule has 0 amide bonds. The highest BCUT2D eigenvalue weighted by Crippen LogP contribution is 2.73. The molecule has 1 aliphatic heterocycles. The third-order valence-corrected chi connectivity index (χ3v) is 13.5. The minimum atomic E-state index is -1.82. The second-order valence-electron chi connectivity index (χ2n) is 15.4. The number of carboxylic acids is 1. The van der Waals surface area contributed by atoms with E-state index >= 15 is 0 Å². The molecule has 5 aliphatic rings. The number of aliphatic carboxylic acids is 1. The van der Waals surface area contributed by atoms with Gasteiger partial charge in [-0.1, -0.05) is 55.8 Å². The largest absolute Gasteiger partial charge is 0.481 e. The summed E-state index contributed by atoms with van der Waals surface area (Å²) in [5, 5.41) is 36.1. The van der Waals surface area contributed by atoms with Crippen molar-refractivity contribution in [1.29, 1.82) is 0 Å². The lowest BCUT2D eigenvalue weighted by atomic mass is 9.41. The molecule has 6 rings (SSSR count). The van der Waals surface area contributed by atoms with Crippen molar-refractivity contribution in [3.05, 3.63) is 53.6 Å². The van der Waals surface area contributed by atoms with Crippen LogP contribution in [0.15, 0.2) is 48.1 Å². The maximum atomic E-state index is 13.4. The molecule has 4 fully saturated rings. The van der Waals surface area contributed by atoms with Crippen LogP contribution in [0.2, 0.25) is 0 Å². The molecule has 1 aromatic carbocycles. The SMILES string of the molecule is COC1CC(OC2CCC3(C)C(=CCC4(O)C3CC(OC(=O)/C=C/c3ccccc3)C3(C)C(C)(C(=O)O)CCC43O)C2)OC(C)C1OC. The van der Waals surface area contributed by atoms with Crippen molar-refractivity contribution in [2.75, 3.05) is 14.2 Å². The van der Waals surface area contributed by atoms with E-state index in [9.17, 15) is 24.9 Å². The van der Waals surface area contributed by atoms with E-state index in [4.69, 9.17) is 23.7 Å². The van der Waals surface area contributed by atoms with Crippen LogP contribution in [0.25, 0.3) is 6.08 Å². The monoisotopic (exact) mass is 668 g/mol. The zero-order valence-electron chi connectivity index (χ0n) is 29.0. The third-order valence-electron chi connectivity index (χ3n) is 13.5. The number of aliphatic hydroxyl groups is 2. The van der Waals surface area contributed by atoms with E-state index in [1.807, 2.05) is 43.3 Å². The summed E-state index contributed by atoms with van der Waals surface area (Å²) in [5.41, 5.74) is -4.91. The number of ether oxygens (including phenoxy) is 5. The Kier molecular flexibility index (Phi) is 9.26. The first-order valence-corrected chi connectivity index (χ1v) is 17.3. The molecule has 3 saturated carbocycles. The lowest BCUT2D eigenvalue weighted by Gasteiger charge is -2.67. The molecule has 10 heteroatoms. The van der Waals surface area contributed by atoms with Crippen LogP contribution in [0.1, 0.15) is 84.6 Å². The fourth-order valence-corrected chi connectivity index (χ4v) is 10.3. The van der Waals surface area contributed by atoms with Crippen LogP contribution in [0, 0.1) is 22.2 Å². The zero-order chi connectivity index (χ0) is 34.7. The minimum absolute atomic E-state index is 0.0819. The predicted molar refractivity (Wildman–Crippen MR) is 177 cm³/mol. The van der Waals surface area contributed by atoms with Gasteiger partial charge < -0.3 is 39.0 Å². The molecule has 1 aromatic rings. The summed E-state index contributed by atoms with van der Waals surface area (Å²) in [4.78, 5) is 26.3. The molecule has 1 heterocycles. The van der Waals surface area contributed by atoms with E-state index in [-0.39, 0.29) is 50.1 Å². The number of esters is 1. The maximum absolute atomic E-state index is 13.4. The van der Waals surface area contributed by atoms with Crippen LogP contribution < -0.4 is 0 Å². The Hall–Kier alpha value is -2.60. The summed E-state index contributed by atoms with van der Waals surface area (Å²) in [6.07, 6.45) is 6.19. The molecule has 48 heavy (non-hydrogen) atoms. The molecule has 264 valence electrons. The maximum Gasteiger partial charge on any atom is 0.331 e. The molecule has 0 aromatic heterocycles. The van der Waals surface area contributed by atoms with Crippen molar-refractivity contribution in [1.82, 2.24) is 0 Å². The number of hydrogen-bond acceptors (Lipinski definition) is 9. The number of carbonyl (C=O) groups is 2. The first-order valence-electron chi connectivity index (χ1n) is 17.3. The lowest BCUT2D eigenvalue weighted by Crippen LogP contribution is -2.77. The van der Waals surface area contributed by atoms with E-state index in [1.165, 1.54) is 6.08 Å². The Bertz CT molecular complexity index is 1440. The molecule has 4 aliphatic carbocycles. The second kappa shape index (κ2) is 12.6. The smallest absolute Gasteiger partial charge is 0.331 e. The van der Waals surface area contributed by atoms with Gasteiger partial charge in [0.15, 0.2) is 6.29 Å². The van der Waals surface area contributed by atoms with Gasteiger partial charge in [0.25, 0.3) is 0 Å². The van der Waals surface area contributed by atoms with Gasteiger partial charge in [-0.2, -0.15) is 0 Å². The molecule has 12 atom stereocenters. The summed E-state index contributed by atoms with van der Waals surface area (Å²) in [6, 6.07) is 9.36. The first-order chi connectivity index (χ1) is 22.7. The Labute approximate surface area is 283 Å². The Morgan fingerprint density at radius 1 is 1.00 bits per heavy atom. The predicted octanol–water partition coefficient (Wildman–Crippen LogP) is 5.06. The van der Waals surface area contributed by atoms with Crippen LogP contribution >= 0.6 is 0 Å². The van der Waals surface area contributed by atoms with E-state index < -0.39 is 57.7 Å². The highest BCUT2D eigenvalue weighted by atomic mass is 16.7. The molecule has 1 saturated heterocycles. The van der Waals surface area contributed by atoms with Crippen molar-refractivity contribution < 1.29 is 48.6 Å². The summed E-state index contributed by atoms with van der Waals surface area (Å²) in [7, 11) is 3.32. The highest BCUT2D eigenvalue weighted by Gasteiger charge is 2.81. The van der Waals surface area contributed by atoms with Crippen molar-refractivity contribution in [3.8, 4) is 0 Å².